The second kappa shape index (κ2) is 7.27. The summed E-state index contributed by atoms with van der Waals surface area (Å²) >= 11 is 0. The molecule has 0 amide bonds. The second-order valence-corrected chi connectivity index (χ2v) is 6.18. The molecule has 24 heavy (non-hydrogen) atoms. The van der Waals surface area contributed by atoms with Crippen LogP contribution in [0, 0.1) is 16.0 Å². The fraction of sp³-hybridized carbons (Fsp3) is 0.588. The van der Waals surface area contributed by atoms with E-state index in [1.165, 1.54) is 24.3 Å². The predicted octanol–water partition coefficient (Wildman–Crippen LogP) is 3.08. The van der Waals surface area contributed by atoms with E-state index < -0.39 is 16.7 Å². The fourth-order valence-corrected chi connectivity index (χ4v) is 3.52. The van der Waals surface area contributed by atoms with E-state index in [1.54, 1.807) is 0 Å². The number of nitro groups is 1. The van der Waals surface area contributed by atoms with Gasteiger partial charge in [0.1, 0.15) is 0 Å². The van der Waals surface area contributed by atoms with Crippen LogP contribution in [0.25, 0.3) is 0 Å². The van der Waals surface area contributed by atoms with Crippen molar-refractivity contribution in [3.8, 4) is 0 Å². The number of rotatable bonds is 5. The molecule has 0 bridgehead atoms. The van der Waals surface area contributed by atoms with Gasteiger partial charge in [0, 0.05) is 24.5 Å². The minimum Gasteiger partial charge on any atom is -0.462 e. The van der Waals surface area contributed by atoms with Crippen molar-refractivity contribution < 1.29 is 23.9 Å². The summed E-state index contributed by atoms with van der Waals surface area (Å²) in [4.78, 5) is 22.3. The van der Waals surface area contributed by atoms with Crippen LogP contribution in [-0.4, -0.2) is 36.5 Å². The number of hydrogen-bond acceptors (Lipinski definition) is 6. The topological polar surface area (TPSA) is 87.9 Å². The Morgan fingerprint density at radius 3 is 2.88 bits per heavy atom. The Kier molecular flexibility index (Phi) is 5.11. The van der Waals surface area contributed by atoms with Crippen LogP contribution in [0.2, 0.25) is 0 Å². The molecular formula is C17H21NO6. The number of benzene rings is 1. The van der Waals surface area contributed by atoms with E-state index in [4.69, 9.17) is 14.2 Å². The van der Waals surface area contributed by atoms with Crippen LogP contribution in [-0.2, 0) is 14.2 Å². The minimum absolute atomic E-state index is 0.122. The van der Waals surface area contributed by atoms with Gasteiger partial charge in [-0.3, -0.25) is 10.1 Å². The average Bonchev–Trinajstić information content (AvgIpc) is 3.05. The lowest BCUT2D eigenvalue weighted by Gasteiger charge is -2.39. The molecule has 7 heteroatoms. The van der Waals surface area contributed by atoms with Gasteiger partial charge in [0.25, 0.3) is 5.69 Å². The van der Waals surface area contributed by atoms with E-state index in [-0.39, 0.29) is 23.8 Å². The molecule has 1 aliphatic carbocycles. The van der Waals surface area contributed by atoms with Crippen LogP contribution < -0.4 is 0 Å². The van der Waals surface area contributed by atoms with Gasteiger partial charge in [0.2, 0.25) is 0 Å². The molecule has 1 atom stereocenters. The molecule has 1 heterocycles. The number of nitro benzene ring substituents is 1. The number of carbonyl (C=O) groups excluding carboxylic acids is 1. The highest BCUT2D eigenvalue weighted by atomic mass is 16.7. The molecular weight excluding hydrogens is 314 g/mol. The van der Waals surface area contributed by atoms with Crippen molar-refractivity contribution in [3.63, 3.8) is 0 Å². The Morgan fingerprint density at radius 2 is 2.12 bits per heavy atom. The lowest BCUT2D eigenvalue weighted by molar-refractivity contribution is -0.384. The molecule has 1 aromatic carbocycles. The van der Waals surface area contributed by atoms with Crippen molar-refractivity contribution in [1.29, 1.82) is 0 Å². The summed E-state index contributed by atoms with van der Waals surface area (Å²) in [5.74, 6) is -0.834. The normalized spacial score (nSPS) is 22.4. The van der Waals surface area contributed by atoms with Crippen molar-refractivity contribution in [2.45, 2.75) is 37.9 Å². The Morgan fingerprint density at radius 1 is 1.33 bits per heavy atom. The molecule has 2 aliphatic rings. The molecule has 1 aromatic rings. The first-order valence-corrected chi connectivity index (χ1v) is 8.30. The zero-order valence-electron chi connectivity index (χ0n) is 13.4. The fourth-order valence-electron chi connectivity index (χ4n) is 3.52. The summed E-state index contributed by atoms with van der Waals surface area (Å²) in [6.07, 6.45) is 4.76. The Bertz CT molecular complexity index is 611. The first-order valence-electron chi connectivity index (χ1n) is 8.30. The molecule has 0 radical (unpaired) electrons. The molecule has 7 nitrogen and oxygen atoms in total. The van der Waals surface area contributed by atoms with Gasteiger partial charge in [0.15, 0.2) is 5.79 Å². The van der Waals surface area contributed by atoms with Gasteiger partial charge >= 0.3 is 5.97 Å². The minimum atomic E-state index is -0.545. The van der Waals surface area contributed by atoms with Crippen molar-refractivity contribution in [2.24, 2.45) is 5.92 Å². The van der Waals surface area contributed by atoms with Gasteiger partial charge in [-0.2, -0.15) is 0 Å². The van der Waals surface area contributed by atoms with Crippen LogP contribution in [0.3, 0.4) is 0 Å². The second-order valence-electron chi connectivity index (χ2n) is 6.18. The van der Waals surface area contributed by atoms with Crippen LogP contribution in [0.15, 0.2) is 24.3 Å². The molecule has 130 valence electrons. The number of esters is 1. The molecule has 3 rings (SSSR count). The smallest absolute Gasteiger partial charge is 0.338 e. The predicted molar refractivity (Wildman–Crippen MR) is 84.6 cm³/mol. The van der Waals surface area contributed by atoms with Crippen LogP contribution in [0.5, 0.6) is 0 Å². The van der Waals surface area contributed by atoms with Crippen LogP contribution in [0.1, 0.15) is 42.5 Å². The third kappa shape index (κ3) is 3.57. The average molecular weight is 335 g/mol. The van der Waals surface area contributed by atoms with Gasteiger partial charge in [0.05, 0.1) is 30.3 Å². The maximum absolute atomic E-state index is 12.1. The Balaban J connectivity index is 1.55. The number of carbonyl (C=O) groups is 1. The largest absolute Gasteiger partial charge is 0.462 e. The third-order valence-electron chi connectivity index (χ3n) is 4.72. The van der Waals surface area contributed by atoms with E-state index in [9.17, 15) is 14.9 Å². The zero-order valence-corrected chi connectivity index (χ0v) is 13.4. The number of ether oxygens (including phenoxy) is 3. The number of hydrogen-bond donors (Lipinski definition) is 0. The molecule has 2 fully saturated rings. The van der Waals surface area contributed by atoms with E-state index in [0.29, 0.717) is 19.6 Å². The molecule has 0 aromatic heterocycles. The first kappa shape index (κ1) is 16.9. The van der Waals surface area contributed by atoms with Gasteiger partial charge < -0.3 is 14.2 Å². The number of non-ortho nitro benzene ring substituents is 1. The molecule has 1 aliphatic heterocycles. The van der Waals surface area contributed by atoms with E-state index in [2.05, 4.69) is 0 Å². The van der Waals surface area contributed by atoms with Crippen LogP contribution >= 0.6 is 0 Å². The highest BCUT2D eigenvalue weighted by Gasteiger charge is 2.45. The van der Waals surface area contributed by atoms with Gasteiger partial charge in [-0.1, -0.05) is 12.5 Å². The Hall–Kier alpha value is -1.99. The molecule has 1 saturated carbocycles. The summed E-state index contributed by atoms with van der Waals surface area (Å²) < 4.78 is 17.0. The van der Waals surface area contributed by atoms with E-state index >= 15 is 0 Å². The lowest BCUT2D eigenvalue weighted by atomic mass is 9.81. The quantitative estimate of drug-likeness (QED) is 0.467. The van der Waals surface area contributed by atoms with Gasteiger partial charge in [-0.25, -0.2) is 4.79 Å². The standard InChI is InChI=1S/C17H21NO6/c19-16(13-4-3-6-15(12-13)18(20)21)22-9-7-14-5-1-2-8-17(14)23-10-11-24-17/h3-4,6,12,14H,1-2,5,7-11H2. The van der Waals surface area contributed by atoms with Crippen LogP contribution in [0.4, 0.5) is 5.69 Å². The van der Waals surface area contributed by atoms with Crippen molar-refractivity contribution >= 4 is 11.7 Å². The first-order chi connectivity index (χ1) is 11.6. The lowest BCUT2D eigenvalue weighted by Crippen LogP contribution is -2.42. The summed E-state index contributed by atoms with van der Waals surface area (Å²) in [5.41, 5.74) is 0.0689. The van der Waals surface area contributed by atoms with E-state index in [0.717, 1.165) is 25.7 Å². The van der Waals surface area contributed by atoms with Gasteiger partial charge in [-0.05, 0) is 25.3 Å². The summed E-state index contributed by atoms with van der Waals surface area (Å²) in [5, 5.41) is 10.8. The highest BCUT2D eigenvalue weighted by molar-refractivity contribution is 5.90. The Labute approximate surface area is 140 Å². The monoisotopic (exact) mass is 335 g/mol. The number of nitrogens with zero attached hydrogens (tertiary/aromatic N) is 1. The summed E-state index contributed by atoms with van der Waals surface area (Å²) in [7, 11) is 0. The maximum atomic E-state index is 12.1. The van der Waals surface area contributed by atoms with E-state index in [1.807, 2.05) is 0 Å². The van der Waals surface area contributed by atoms with Crippen molar-refractivity contribution in [3.05, 3.63) is 39.9 Å². The maximum Gasteiger partial charge on any atom is 0.338 e. The molecule has 1 unspecified atom stereocenters. The van der Waals surface area contributed by atoms with Crippen molar-refractivity contribution in [2.75, 3.05) is 19.8 Å². The SMILES string of the molecule is O=C(OCCC1CCCCC12OCCO2)c1cccc([N+](=O)[O-])c1. The molecule has 0 N–H and O–H groups in total. The summed E-state index contributed by atoms with van der Waals surface area (Å²) in [6, 6.07) is 5.57. The molecule has 1 spiro atoms. The van der Waals surface area contributed by atoms with Crippen molar-refractivity contribution in [1.82, 2.24) is 0 Å². The zero-order chi connectivity index (χ0) is 17.0. The summed E-state index contributed by atoms with van der Waals surface area (Å²) in [6.45, 7) is 1.48. The highest BCUT2D eigenvalue weighted by Crippen LogP contribution is 2.42. The van der Waals surface area contributed by atoms with Gasteiger partial charge in [-0.15, -0.1) is 0 Å². The molecule has 1 saturated heterocycles. The third-order valence-corrected chi connectivity index (χ3v) is 4.72.